The maximum absolute atomic E-state index is 12.3. The zero-order valence-electron chi connectivity index (χ0n) is 10.6. The van der Waals surface area contributed by atoms with Crippen molar-refractivity contribution in [3.05, 3.63) is 54.2 Å². The third kappa shape index (κ3) is 2.22. The molecule has 0 radical (unpaired) electrons. The van der Waals surface area contributed by atoms with Crippen molar-refractivity contribution >= 4 is 16.8 Å². The van der Waals surface area contributed by atoms with E-state index in [4.69, 9.17) is 0 Å². The lowest BCUT2D eigenvalue weighted by Crippen LogP contribution is -2.26. The van der Waals surface area contributed by atoms with E-state index in [1.165, 1.54) is 0 Å². The SMILES string of the molecule is CN(Cc1ncc[nH]1)C(=O)c1cc2ccccc2[nH]1. The van der Waals surface area contributed by atoms with Gasteiger partial charge in [0.15, 0.2) is 0 Å². The molecule has 0 fully saturated rings. The molecule has 0 aliphatic rings. The van der Waals surface area contributed by atoms with Crippen LogP contribution in [0.5, 0.6) is 0 Å². The third-order valence-electron chi connectivity index (χ3n) is 3.05. The van der Waals surface area contributed by atoms with Gasteiger partial charge in [-0.25, -0.2) is 4.98 Å². The van der Waals surface area contributed by atoms with Crippen molar-refractivity contribution in [3.8, 4) is 0 Å². The molecule has 5 heteroatoms. The van der Waals surface area contributed by atoms with Gasteiger partial charge in [0.05, 0.1) is 6.54 Å². The molecule has 19 heavy (non-hydrogen) atoms. The standard InChI is InChI=1S/C14H14N4O/c1-18(9-13-15-6-7-16-13)14(19)12-8-10-4-2-3-5-11(10)17-12/h2-8,17H,9H2,1H3,(H,15,16). The Morgan fingerprint density at radius 3 is 2.95 bits per heavy atom. The van der Waals surface area contributed by atoms with Gasteiger partial charge >= 0.3 is 0 Å². The number of nitrogens with zero attached hydrogens (tertiary/aromatic N) is 2. The lowest BCUT2D eigenvalue weighted by atomic mass is 10.2. The highest BCUT2D eigenvalue weighted by Crippen LogP contribution is 2.16. The summed E-state index contributed by atoms with van der Waals surface area (Å²) >= 11 is 0. The van der Waals surface area contributed by atoms with E-state index >= 15 is 0 Å². The largest absolute Gasteiger partial charge is 0.351 e. The van der Waals surface area contributed by atoms with Crippen molar-refractivity contribution in [2.75, 3.05) is 7.05 Å². The summed E-state index contributed by atoms with van der Waals surface area (Å²) in [4.78, 5) is 24.2. The molecular weight excluding hydrogens is 240 g/mol. The molecule has 0 atom stereocenters. The number of hydrogen-bond acceptors (Lipinski definition) is 2. The molecule has 2 N–H and O–H groups in total. The van der Waals surface area contributed by atoms with Crippen molar-refractivity contribution in [2.24, 2.45) is 0 Å². The first-order chi connectivity index (χ1) is 9.24. The van der Waals surface area contributed by atoms with Crippen molar-refractivity contribution < 1.29 is 4.79 Å². The number of nitrogens with one attached hydrogen (secondary N) is 2. The van der Waals surface area contributed by atoms with Gasteiger partial charge in [-0.05, 0) is 12.1 Å². The van der Waals surface area contributed by atoms with Crippen LogP contribution in [0.4, 0.5) is 0 Å². The summed E-state index contributed by atoms with van der Waals surface area (Å²) in [6.45, 7) is 0.460. The van der Waals surface area contributed by atoms with Crippen LogP contribution in [0.2, 0.25) is 0 Å². The number of hydrogen-bond donors (Lipinski definition) is 2. The maximum Gasteiger partial charge on any atom is 0.270 e. The number of rotatable bonds is 3. The molecule has 2 heterocycles. The van der Waals surface area contributed by atoms with E-state index in [0.717, 1.165) is 16.7 Å². The second kappa shape index (κ2) is 4.61. The summed E-state index contributed by atoms with van der Waals surface area (Å²) in [5.41, 5.74) is 1.56. The number of aromatic nitrogens is 3. The minimum atomic E-state index is -0.0485. The molecule has 0 saturated heterocycles. The van der Waals surface area contributed by atoms with Gasteiger partial charge in [0.2, 0.25) is 0 Å². The number of imidazole rings is 1. The van der Waals surface area contributed by atoms with Gasteiger partial charge in [-0.15, -0.1) is 0 Å². The Morgan fingerprint density at radius 2 is 2.21 bits per heavy atom. The Hall–Kier alpha value is -2.56. The molecule has 0 spiro atoms. The molecule has 0 bridgehead atoms. The second-order valence-electron chi connectivity index (χ2n) is 4.47. The van der Waals surface area contributed by atoms with E-state index in [9.17, 15) is 4.79 Å². The van der Waals surface area contributed by atoms with Crippen LogP contribution < -0.4 is 0 Å². The average Bonchev–Trinajstić information content (AvgIpc) is 3.05. The Balaban J connectivity index is 1.82. The summed E-state index contributed by atoms with van der Waals surface area (Å²) in [6.07, 6.45) is 3.42. The highest BCUT2D eigenvalue weighted by atomic mass is 16.2. The zero-order valence-corrected chi connectivity index (χ0v) is 10.6. The summed E-state index contributed by atoms with van der Waals surface area (Å²) in [5.74, 6) is 0.722. The third-order valence-corrected chi connectivity index (χ3v) is 3.05. The fraction of sp³-hybridized carbons (Fsp3) is 0.143. The Labute approximate surface area is 110 Å². The van der Waals surface area contributed by atoms with Crippen LogP contribution in [0.3, 0.4) is 0 Å². The first kappa shape index (κ1) is 11.5. The van der Waals surface area contributed by atoms with Crippen molar-refractivity contribution in [1.29, 1.82) is 0 Å². The van der Waals surface area contributed by atoms with Gasteiger partial charge in [-0.1, -0.05) is 18.2 Å². The normalized spacial score (nSPS) is 10.8. The zero-order chi connectivity index (χ0) is 13.2. The minimum absolute atomic E-state index is 0.0485. The fourth-order valence-corrected chi connectivity index (χ4v) is 2.08. The Kier molecular flexibility index (Phi) is 2.79. The molecule has 0 aliphatic carbocycles. The number of carbonyl (C=O) groups is 1. The lowest BCUT2D eigenvalue weighted by molar-refractivity contribution is 0.0777. The van der Waals surface area contributed by atoms with Crippen LogP contribution >= 0.6 is 0 Å². The van der Waals surface area contributed by atoms with E-state index < -0.39 is 0 Å². The monoisotopic (exact) mass is 254 g/mol. The lowest BCUT2D eigenvalue weighted by Gasteiger charge is -2.14. The van der Waals surface area contributed by atoms with Gasteiger partial charge < -0.3 is 14.9 Å². The molecule has 5 nitrogen and oxygen atoms in total. The first-order valence-electron chi connectivity index (χ1n) is 6.05. The smallest absolute Gasteiger partial charge is 0.270 e. The predicted molar refractivity (Wildman–Crippen MR) is 72.7 cm³/mol. The molecule has 96 valence electrons. The number of fused-ring (bicyclic) bond motifs is 1. The number of aromatic amines is 2. The van der Waals surface area contributed by atoms with Gasteiger partial charge in [0, 0.05) is 30.3 Å². The summed E-state index contributed by atoms with van der Waals surface area (Å²) < 4.78 is 0. The number of amides is 1. The molecule has 1 amide bonds. The number of benzene rings is 1. The molecular formula is C14H14N4O. The van der Waals surface area contributed by atoms with Crippen LogP contribution in [0.15, 0.2) is 42.7 Å². The quantitative estimate of drug-likeness (QED) is 0.752. The molecule has 2 aromatic heterocycles. The molecule has 0 aliphatic heterocycles. The van der Waals surface area contributed by atoms with Crippen LogP contribution in [0.1, 0.15) is 16.3 Å². The van der Waals surface area contributed by atoms with Crippen LogP contribution in [0, 0.1) is 0 Å². The topological polar surface area (TPSA) is 64.8 Å². The van der Waals surface area contributed by atoms with Gasteiger partial charge in [-0.3, -0.25) is 4.79 Å². The predicted octanol–water partition coefficient (Wildman–Crippen LogP) is 2.16. The van der Waals surface area contributed by atoms with Crippen LogP contribution in [0.25, 0.3) is 10.9 Å². The molecule has 3 aromatic rings. The number of carbonyl (C=O) groups excluding carboxylic acids is 1. The van der Waals surface area contributed by atoms with E-state index in [1.54, 1.807) is 24.3 Å². The van der Waals surface area contributed by atoms with Crippen molar-refractivity contribution in [1.82, 2.24) is 19.9 Å². The van der Waals surface area contributed by atoms with Crippen LogP contribution in [-0.4, -0.2) is 32.8 Å². The Bertz CT molecular complexity index is 666. The molecule has 1 aromatic carbocycles. The summed E-state index contributed by atoms with van der Waals surface area (Å²) in [6, 6.07) is 9.71. The minimum Gasteiger partial charge on any atom is -0.351 e. The van der Waals surface area contributed by atoms with Crippen molar-refractivity contribution in [2.45, 2.75) is 6.54 Å². The highest BCUT2D eigenvalue weighted by Gasteiger charge is 2.15. The maximum atomic E-state index is 12.3. The number of para-hydroxylation sites is 1. The molecule has 3 rings (SSSR count). The second-order valence-corrected chi connectivity index (χ2v) is 4.47. The van der Waals surface area contributed by atoms with Gasteiger partial charge in [0.25, 0.3) is 5.91 Å². The number of H-pyrrole nitrogens is 2. The average molecular weight is 254 g/mol. The summed E-state index contributed by atoms with van der Waals surface area (Å²) in [5, 5.41) is 1.04. The van der Waals surface area contributed by atoms with Crippen LogP contribution in [-0.2, 0) is 6.54 Å². The van der Waals surface area contributed by atoms with E-state index in [2.05, 4.69) is 15.0 Å². The Morgan fingerprint density at radius 1 is 1.37 bits per heavy atom. The van der Waals surface area contributed by atoms with E-state index in [-0.39, 0.29) is 5.91 Å². The van der Waals surface area contributed by atoms with E-state index in [1.807, 2.05) is 30.3 Å². The summed E-state index contributed by atoms with van der Waals surface area (Å²) in [7, 11) is 1.76. The highest BCUT2D eigenvalue weighted by molar-refractivity contribution is 5.97. The molecule has 0 saturated carbocycles. The fourth-order valence-electron chi connectivity index (χ4n) is 2.08. The van der Waals surface area contributed by atoms with Gasteiger partial charge in [0.1, 0.15) is 11.5 Å². The van der Waals surface area contributed by atoms with E-state index in [0.29, 0.717) is 12.2 Å². The first-order valence-corrected chi connectivity index (χ1v) is 6.05. The van der Waals surface area contributed by atoms with Gasteiger partial charge in [-0.2, -0.15) is 0 Å². The molecule has 0 unspecified atom stereocenters. The van der Waals surface area contributed by atoms with Crippen molar-refractivity contribution in [3.63, 3.8) is 0 Å².